The van der Waals surface area contributed by atoms with Crippen molar-refractivity contribution in [1.82, 2.24) is 0 Å². The number of rotatable bonds is 5. The van der Waals surface area contributed by atoms with Crippen molar-refractivity contribution < 1.29 is 10.0 Å². The van der Waals surface area contributed by atoms with Crippen molar-refractivity contribution in [3.63, 3.8) is 0 Å². The van der Waals surface area contributed by atoms with E-state index in [1.807, 2.05) is 0 Å². The van der Waals surface area contributed by atoms with E-state index in [1.165, 1.54) is 6.07 Å². The van der Waals surface area contributed by atoms with Crippen LogP contribution in [-0.2, 0) is 0 Å². The van der Waals surface area contributed by atoms with Gasteiger partial charge in [-0.3, -0.25) is 10.1 Å². The fraction of sp³-hybridized carbons (Fsp3) is 0.455. The summed E-state index contributed by atoms with van der Waals surface area (Å²) >= 11 is 0. The average Bonchev–Trinajstić information content (AvgIpc) is 2.25. The molecule has 0 aliphatic rings. The van der Waals surface area contributed by atoms with Crippen LogP contribution in [-0.4, -0.2) is 22.7 Å². The maximum atomic E-state index is 10.8. The number of nitro groups is 1. The van der Waals surface area contributed by atoms with Gasteiger partial charge in [0, 0.05) is 17.5 Å². The van der Waals surface area contributed by atoms with Gasteiger partial charge in [-0.2, -0.15) is 0 Å². The zero-order valence-electron chi connectivity index (χ0n) is 9.17. The van der Waals surface area contributed by atoms with Gasteiger partial charge < -0.3 is 10.8 Å². The van der Waals surface area contributed by atoms with E-state index in [1.54, 1.807) is 25.1 Å². The molecule has 0 spiro atoms. The SMILES string of the molecule is CC(O)CC(CN)c1ccccc1[N+](=O)[O-]. The summed E-state index contributed by atoms with van der Waals surface area (Å²) in [6, 6.07) is 6.52. The summed E-state index contributed by atoms with van der Waals surface area (Å²) < 4.78 is 0. The van der Waals surface area contributed by atoms with Crippen molar-refractivity contribution in [2.75, 3.05) is 6.54 Å². The fourth-order valence-corrected chi connectivity index (χ4v) is 1.76. The molecule has 3 N–H and O–H groups in total. The Morgan fingerprint density at radius 1 is 1.50 bits per heavy atom. The first-order chi connectivity index (χ1) is 7.56. The molecule has 0 radical (unpaired) electrons. The monoisotopic (exact) mass is 224 g/mol. The topological polar surface area (TPSA) is 89.4 Å². The Labute approximate surface area is 94.0 Å². The molecule has 0 saturated heterocycles. The van der Waals surface area contributed by atoms with Crippen LogP contribution in [0.3, 0.4) is 0 Å². The minimum Gasteiger partial charge on any atom is -0.393 e. The van der Waals surface area contributed by atoms with Crippen LogP contribution in [0.2, 0.25) is 0 Å². The minimum absolute atomic E-state index is 0.0681. The van der Waals surface area contributed by atoms with Crippen LogP contribution >= 0.6 is 0 Å². The van der Waals surface area contributed by atoms with E-state index in [9.17, 15) is 15.2 Å². The number of aliphatic hydroxyl groups excluding tert-OH is 1. The second kappa shape index (κ2) is 5.58. The Morgan fingerprint density at radius 2 is 2.12 bits per heavy atom. The molecule has 88 valence electrons. The number of nitro benzene ring substituents is 1. The largest absolute Gasteiger partial charge is 0.393 e. The first-order valence-electron chi connectivity index (χ1n) is 5.17. The number of aliphatic hydroxyl groups is 1. The van der Waals surface area contributed by atoms with Crippen LogP contribution in [0.5, 0.6) is 0 Å². The lowest BCUT2D eigenvalue weighted by Crippen LogP contribution is -2.18. The van der Waals surface area contributed by atoms with Crippen molar-refractivity contribution in [3.8, 4) is 0 Å². The number of benzene rings is 1. The first kappa shape index (κ1) is 12.6. The molecule has 1 aromatic carbocycles. The quantitative estimate of drug-likeness (QED) is 0.584. The third-order valence-electron chi connectivity index (χ3n) is 2.48. The van der Waals surface area contributed by atoms with Crippen LogP contribution in [0.1, 0.15) is 24.8 Å². The van der Waals surface area contributed by atoms with E-state index in [0.717, 1.165) is 0 Å². The van der Waals surface area contributed by atoms with Gasteiger partial charge in [-0.05, 0) is 19.9 Å². The highest BCUT2D eigenvalue weighted by Gasteiger charge is 2.21. The highest BCUT2D eigenvalue weighted by Crippen LogP contribution is 2.28. The van der Waals surface area contributed by atoms with E-state index in [2.05, 4.69) is 0 Å². The van der Waals surface area contributed by atoms with Gasteiger partial charge in [0.1, 0.15) is 0 Å². The van der Waals surface area contributed by atoms with Crippen molar-refractivity contribution >= 4 is 5.69 Å². The lowest BCUT2D eigenvalue weighted by Gasteiger charge is -2.16. The number of hydrogen-bond donors (Lipinski definition) is 2. The Bertz CT molecular complexity index is 366. The lowest BCUT2D eigenvalue weighted by atomic mass is 9.92. The molecule has 5 nitrogen and oxygen atoms in total. The van der Waals surface area contributed by atoms with Gasteiger partial charge in [0.15, 0.2) is 0 Å². The Kier molecular flexibility index (Phi) is 4.39. The molecule has 16 heavy (non-hydrogen) atoms. The molecular formula is C11H16N2O3. The number of nitrogens with zero attached hydrogens (tertiary/aromatic N) is 1. The number of hydrogen-bond acceptors (Lipinski definition) is 4. The van der Waals surface area contributed by atoms with Gasteiger partial charge in [0.05, 0.1) is 11.0 Å². The zero-order chi connectivity index (χ0) is 12.1. The van der Waals surface area contributed by atoms with Crippen LogP contribution < -0.4 is 5.73 Å². The highest BCUT2D eigenvalue weighted by molar-refractivity contribution is 5.42. The second-order valence-electron chi connectivity index (χ2n) is 3.83. The highest BCUT2D eigenvalue weighted by atomic mass is 16.6. The summed E-state index contributed by atoms with van der Waals surface area (Å²) in [5.41, 5.74) is 6.25. The van der Waals surface area contributed by atoms with Crippen molar-refractivity contribution in [1.29, 1.82) is 0 Å². The van der Waals surface area contributed by atoms with Crippen LogP contribution in [0.15, 0.2) is 24.3 Å². The van der Waals surface area contributed by atoms with Crippen molar-refractivity contribution in [3.05, 3.63) is 39.9 Å². The summed E-state index contributed by atoms with van der Waals surface area (Å²) in [6.07, 6.45) is -0.0881. The molecule has 0 bridgehead atoms. The molecule has 0 amide bonds. The standard InChI is InChI=1S/C11H16N2O3/c1-8(14)6-9(7-12)10-4-2-3-5-11(10)13(15)16/h2-5,8-9,14H,6-7,12H2,1H3. The van der Waals surface area contributed by atoms with Crippen LogP contribution in [0.25, 0.3) is 0 Å². The molecule has 0 fully saturated rings. The van der Waals surface area contributed by atoms with Crippen molar-refractivity contribution in [2.45, 2.75) is 25.4 Å². The van der Waals surface area contributed by atoms with E-state index in [0.29, 0.717) is 12.0 Å². The second-order valence-corrected chi connectivity index (χ2v) is 3.83. The lowest BCUT2D eigenvalue weighted by molar-refractivity contribution is -0.385. The van der Waals surface area contributed by atoms with Gasteiger partial charge in [-0.25, -0.2) is 0 Å². The molecule has 5 heteroatoms. The molecule has 2 atom stereocenters. The molecule has 1 rings (SSSR count). The smallest absolute Gasteiger partial charge is 0.272 e. The average molecular weight is 224 g/mol. The van der Waals surface area contributed by atoms with Gasteiger partial charge in [-0.15, -0.1) is 0 Å². The third-order valence-corrected chi connectivity index (χ3v) is 2.48. The molecule has 0 saturated carbocycles. The maximum absolute atomic E-state index is 10.8. The van der Waals surface area contributed by atoms with Crippen LogP contribution in [0, 0.1) is 10.1 Å². The molecular weight excluding hydrogens is 208 g/mol. The van der Waals surface area contributed by atoms with Gasteiger partial charge in [0.25, 0.3) is 5.69 Å². The Hall–Kier alpha value is -1.46. The Balaban J connectivity index is 3.04. The predicted molar refractivity (Wildman–Crippen MR) is 61.2 cm³/mol. The predicted octanol–water partition coefficient (Wildman–Crippen LogP) is 1.41. The summed E-state index contributed by atoms with van der Waals surface area (Å²) in [5.74, 6) is -0.179. The molecule has 0 aliphatic carbocycles. The van der Waals surface area contributed by atoms with E-state index >= 15 is 0 Å². The fourth-order valence-electron chi connectivity index (χ4n) is 1.76. The maximum Gasteiger partial charge on any atom is 0.272 e. The van der Waals surface area contributed by atoms with Gasteiger partial charge in [-0.1, -0.05) is 18.2 Å². The normalized spacial score (nSPS) is 14.4. The summed E-state index contributed by atoms with van der Waals surface area (Å²) in [6.45, 7) is 1.94. The van der Waals surface area contributed by atoms with Crippen LogP contribution in [0.4, 0.5) is 5.69 Å². The van der Waals surface area contributed by atoms with Gasteiger partial charge in [0.2, 0.25) is 0 Å². The molecule has 1 aromatic rings. The molecule has 0 heterocycles. The molecule has 2 unspecified atom stereocenters. The number of nitrogens with two attached hydrogens (primary N) is 1. The Morgan fingerprint density at radius 3 is 2.62 bits per heavy atom. The summed E-state index contributed by atoms with van der Waals surface area (Å²) in [4.78, 5) is 10.4. The number of para-hydroxylation sites is 1. The zero-order valence-corrected chi connectivity index (χ0v) is 9.17. The van der Waals surface area contributed by atoms with Crippen molar-refractivity contribution in [2.24, 2.45) is 5.73 Å². The first-order valence-corrected chi connectivity index (χ1v) is 5.17. The van der Waals surface area contributed by atoms with E-state index in [4.69, 9.17) is 5.73 Å². The van der Waals surface area contributed by atoms with Gasteiger partial charge >= 0.3 is 0 Å². The minimum atomic E-state index is -0.520. The summed E-state index contributed by atoms with van der Waals surface area (Å²) in [5, 5.41) is 20.1. The summed E-state index contributed by atoms with van der Waals surface area (Å²) in [7, 11) is 0. The third kappa shape index (κ3) is 3.01. The molecule has 0 aliphatic heterocycles. The molecule has 0 aromatic heterocycles. The van der Waals surface area contributed by atoms with E-state index < -0.39 is 11.0 Å². The van der Waals surface area contributed by atoms with E-state index in [-0.39, 0.29) is 18.2 Å².